The Labute approximate surface area is 180 Å². The molecule has 0 unspecified atom stereocenters. The largest absolute Gasteiger partial charge is 0.462 e. The van der Waals surface area contributed by atoms with Gasteiger partial charge in [0.15, 0.2) is 0 Å². The van der Waals surface area contributed by atoms with Crippen LogP contribution in [0, 0.1) is 26.7 Å². The molecule has 2 aromatic rings. The SMILES string of the molecule is CCOC(=O)c1c(C)oc(NC(=O)C2CCN(c3nc(C)cc(C)n3)CC2)c1C(N)=O. The Morgan fingerprint density at radius 2 is 1.77 bits per heavy atom. The van der Waals surface area contributed by atoms with Crippen molar-refractivity contribution in [2.75, 3.05) is 29.9 Å². The molecular weight excluding hydrogens is 402 g/mol. The van der Waals surface area contributed by atoms with Crippen molar-refractivity contribution in [3.63, 3.8) is 0 Å². The van der Waals surface area contributed by atoms with Crippen LogP contribution in [0.1, 0.15) is 57.6 Å². The second-order valence-corrected chi connectivity index (χ2v) is 7.52. The number of nitrogens with zero attached hydrogens (tertiary/aromatic N) is 3. The van der Waals surface area contributed by atoms with E-state index in [-0.39, 0.29) is 41.2 Å². The van der Waals surface area contributed by atoms with Crippen LogP contribution in [0.15, 0.2) is 10.5 Å². The number of carbonyl (C=O) groups excluding carboxylic acids is 3. The first-order chi connectivity index (χ1) is 14.7. The summed E-state index contributed by atoms with van der Waals surface area (Å²) in [6, 6.07) is 1.91. The van der Waals surface area contributed by atoms with Crippen molar-refractivity contribution in [2.24, 2.45) is 11.7 Å². The lowest BCUT2D eigenvalue weighted by Crippen LogP contribution is -2.39. The van der Waals surface area contributed by atoms with Crippen LogP contribution in [0.3, 0.4) is 0 Å². The highest BCUT2D eigenvalue weighted by Gasteiger charge is 2.32. The Morgan fingerprint density at radius 3 is 2.32 bits per heavy atom. The summed E-state index contributed by atoms with van der Waals surface area (Å²) in [4.78, 5) is 48.0. The van der Waals surface area contributed by atoms with E-state index in [0.29, 0.717) is 31.9 Å². The summed E-state index contributed by atoms with van der Waals surface area (Å²) >= 11 is 0. The first-order valence-electron chi connectivity index (χ1n) is 10.2. The Kier molecular flexibility index (Phi) is 6.57. The third-order valence-corrected chi connectivity index (χ3v) is 5.17. The second kappa shape index (κ2) is 9.15. The van der Waals surface area contributed by atoms with Gasteiger partial charge in [0.25, 0.3) is 5.91 Å². The number of ether oxygens (including phenoxy) is 1. The number of primary amides is 1. The maximum atomic E-state index is 12.8. The average Bonchev–Trinajstić information content (AvgIpc) is 3.03. The molecule has 0 saturated carbocycles. The van der Waals surface area contributed by atoms with Gasteiger partial charge in [-0.3, -0.25) is 14.9 Å². The Balaban J connectivity index is 1.71. The summed E-state index contributed by atoms with van der Waals surface area (Å²) in [5, 5.41) is 2.63. The molecule has 0 spiro atoms. The summed E-state index contributed by atoms with van der Waals surface area (Å²) in [5.74, 6) is -1.50. The molecule has 166 valence electrons. The van der Waals surface area contributed by atoms with Crippen molar-refractivity contribution < 1.29 is 23.5 Å². The number of aromatic nitrogens is 2. The van der Waals surface area contributed by atoms with Gasteiger partial charge in [-0.25, -0.2) is 14.8 Å². The molecule has 0 atom stereocenters. The molecule has 1 aliphatic heterocycles. The van der Waals surface area contributed by atoms with E-state index in [1.165, 1.54) is 6.92 Å². The molecule has 10 nitrogen and oxygen atoms in total. The predicted molar refractivity (Wildman–Crippen MR) is 113 cm³/mol. The van der Waals surface area contributed by atoms with E-state index < -0.39 is 11.9 Å². The lowest BCUT2D eigenvalue weighted by atomic mass is 9.96. The number of piperidine rings is 1. The zero-order valence-electron chi connectivity index (χ0n) is 18.2. The normalized spacial score (nSPS) is 14.4. The van der Waals surface area contributed by atoms with Crippen LogP contribution in [0.4, 0.5) is 11.8 Å². The number of amides is 2. The highest BCUT2D eigenvalue weighted by molar-refractivity contribution is 6.10. The molecule has 2 amide bonds. The third kappa shape index (κ3) is 4.84. The second-order valence-electron chi connectivity index (χ2n) is 7.52. The molecule has 1 aliphatic rings. The fraction of sp³-hybridized carbons (Fsp3) is 0.476. The van der Waals surface area contributed by atoms with Crippen molar-refractivity contribution in [3.8, 4) is 0 Å². The lowest BCUT2D eigenvalue weighted by Gasteiger charge is -2.31. The minimum Gasteiger partial charge on any atom is -0.462 e. The molecule has 1 fully saturated rings. The van der Waals surface area contributed by atoms with Crippen LogP contribution in [0.25, 0.3) is 0 Å². The summed E-state index contributed by atoms with van der Waals surface area (Å²) in [5.41, 5.74) is 7.00. The molecule has 0 radical (unpaired) electrons. The number of furan rings is 1. The van der Waals surface area contributed by atoms with Gasteiger partial charge in [0.1, 0.15) is 16.9 Å². The molecule has 0 bridgehead atoms. The molecule has 3 heterocycles. The number of esters is 1. The minimum absolute atomic E-state index is 0.0635. The lowest BCUT2D eigenvalue weighted by molar-refractivity contribution is -0.120. The summed E-state index contributed by atoms with van der Waals surface area (Å²) in [6.07, 6.45) is 1.16. The van der Waals surface area contributed by atoms with Crippen molar-refractivity contribution in [3.05, 3.63) is 34.3 Å². The van der Waals surface area contributed by atoms with Crippen molar-refractivity contribution in [1.29, 1.82) is 0 Å². The van der Waals surface area contributed by atoms with E-state index in [9.17, 15) is 14.4 Å². The van der Waals surface area contributed by atoms with Gasteiger partial charge in [-0.1, -0.05) is 0 Å². The standard InChI is InChI=1S/C21H27N5O5/c1-5-30-20(29)15-13(4)31-19(16(15)17(22)27)25-18(28)14-6-8-26(9-7-14)21-23-11(2)10-12(3)24-21/h10,14H,5-9H2,1-4H3,(H2,22,27)(H,25,28). The molecule has 3 rings (SSSR count). The van der Waals surface area contributed by atoms with E-state index in [2.05, 4.69) is 20.2 Å². The zero-order chi connectivity index (χ0) is 22.7. The van der Waals surface area contributed by atoms with Crippen LogP contribution < -0.4 is 16.0 Å². The molecule has 2 aromatic heterocycles. The average molecular weight is 429 g/mol. The maximum Gasteiger partial charge on any atom is 0.342 e. The van der Waals surface area contributed by atoms with E-state index in [4.69, 9.17) is 14.9 Å². The Morgan fingerprint density at radius 1 is 1.16 bits per heavy atom. The highest BCUT2D eigenvalue weighted by Crippen LogP contribution is 2.29. The van der Waals surface area contributed by atoms with E-state index in [0.717, 1.165) is 11.4 Å². The van der Waals surface area contributed by atoms with Gasteiger partial charge < -0.3 is 19.8 Å². The molecular formula is C21H27N5O5. The predicted octanol–water partition coefficient (Wildman–Crippen LogP) is 2.13. The third-order valence-electron chi connectivity index (χ3n) is 5.17. The van der Waals surface area contributed by atoms with Crippen molar-refractivity contribution in [1.82, 2.24) is 9.97 Å². The first kappa shape index (κ1) is 22.3. The van der Waals surface area contributed by atoms with Crippen LogP contribution in [0.2, 0.25) is 0 Å². The number of aryl methyl sites for hydroxylation is 3. The van der Waals surface area contributed by atoms with Gasteiger partial charge >= 0.3 is 5.97 Å². The van der Waals surface area contributed by atoms with Gasteiger partial charge in [-0.05, 0) is 46.6 Å². The fourth-order valence-electron chi connectivity index (χ4n) is 3.72. The van der Waals surface area contributed by atoms with Crippen LogP contribution >= 0.6 is 0 Å². The van der Waals surface area contributed by atoms with Gasteiger partial charge in [0.05, 0.1) is 6.61 Å². The molecule has 1 saturated heterocycles. The summed E-state index contributed by atoms with van der Waals surface area (Å²) < 4.78 is 10.5. The topological polar surface area (TPSA) is 141 Å². The molecule has 31 heavy (non-hydrogen) atoms. The van der Waals surface area contributed by atoms with Crippen molar-refractivity contribution >= 4 is 29.6 Å². The van der Waals surface area contributed by atoms with Gasteiger partial charge in [0, 0.05) is 30.4 Å². The monoisotopic (exact) mass is 429 g/mol. The van der Waals surface area contributed by atoms with E-state index in [1.807, 2.05) is 19.9 Å². The first-order valence-corrected chi connectivity index (χ1v) is 10.2. The van der Waals surface area contributed by atoms with Crippen LogP contribution in [0.5, 0.6) is 0 Å². The summed E-state index contributed by atoms with van der Waals surface area (Å²) in [6.45, 7) is 8.37. The maximum absolute atomic E-state index is 12.8. The van der Waals surface area contributed by atoms with E-state index in [1.54, 1.807) is 6.92 Å². The fourth-order valence-corrected chi connectivity index (χ4v) is 3.72. The summed E-state index contributed by atoms with van der Waals surface area (Å²) in [7, 11) is 0. The zero-order valence-corrected chi connectivity index (χ0v) is 18.2. The number of nitrogens with one attached hydrogen (secondary N) is 1. The van der Waals surface area contributed by atoms with Crippen LogP contribution in [-0.4, -0.2) is 47.4 Å². The number of carbonyl (C=O) groups is 3. The van der Waals surface area contributed by atoms with Crippen molar-refractivity contribution in [2.45, 2.75) is 40.5 Å². The Bertz CT molecular complexity index is 988. The van der Waals surface area contributed by atoms with Crippen LogP contribution in [-0.2, 0) is 9.53 Å². The highest BCUT2D eigenvalue weighted by atomic mass is 16.5. The smallest absolute Gasteiger partial charge is 0.342 e. The number of nitrogens with two attached hydrogens (primary N) is 1. The van der Waals surface area contributed by atoms with Gasteiger partial charge in [0.2, 0.25) is 17.7 Å². The van der Waals surface area contributed by atoms with Gasteiger partial charge in [-0.15, -0.1) is 0 Å². The Hall–Kier alpha value is -3.43. The number of anilines is 2. The molecule has 10 heteroatoms. The molecule has 0 aliphatic carbocycles. The molecule has 0 aromatic carbocycles. The number of hydrogen-bond donors (Lipinski definition) is 2. The number of rotatable bonds is 6. The van der Waals surface area contributed by atoms with E-state index >= 15 is 0 Å². The quantitative estimate of drug-likeness (QED) is 0.665. The molecule has 3 N–H and O–H groups in total. The minimum atomic E-state index is -0.878. The number of hydrogen-bond acceptors (Lipinski definition) is 8. The van der Waals surface area contributed by atoms with Gasteiger partial charge in [-0.2, -0.15) is 0 Å².